The van der Waals surface area contributed by atoms with E-state index in [4.69, 9.17) is 4.74 Å². The molecule has 160 valence electrons. The molecule has 3 atom stereocenters. The lowest BCUT2D eigenvalue weighted by Crippen LogP contribution is -2.51. The highest BCUT2D eigenvalue weighted by atomic mass is 16.5. The molecule has 29 heavy (non-hydrogen) atoms. The number of carbonyl (C=O) groups excluding carboxylic acids is 2. The summed E-state index contributed by atoms with van der Waals surface area (Å²) in [4.78, 5) is 30.2. The molecule has 7 nitrogen and oxygen atoms in total. The predicted octanol–water partition coefficient (Wildman–Crippen LogP) is 1.78. The van der Waals surface area contributed by atoms with Gasteiger partial charge in [-0.2, -0.15) is 0 Å². The number of phenolic OH excluding ortho intramolecular Hbond substituents is 1. The number of nitrogens with zero attached hydrogens (tertiary/aromatic N) is 2. The molecule has 2 aliphatic rings. The van der Waals surface area contributed by atoms with Gasteiger partial charge in [0.15, 0.2) is 0 Å². The lowest BCUT2D eigenvalue weighted by Gasteiger charge is -2.37. The first-order chi connectivity index (χ1) is 13.9. The van der Waals surface area contributed by atoms with Crippen LogP contribution in [0.15, 0.2) is 18.2 Å². The minimum Gasteiger partial charge on any atom is -0.508 e. The number of amides is 2. The Morgan fingerprint density at radius 2 is 1.97 bits per heavy atom. The third kappa shape index (κ3) is 5.08. The highest BCUT2D eigenvalue weighted by Crippen LogP contribution is 2.29. The van der Waals surface area contributed by atoms with Crippen LogP contribution < -0.4 is 5.32 Å². The third-order valence-electron chi connectivity index (χ3n) is 6.34. The van der Waals surface area contributed by atoms with Crippen molar-refractivity contribution in [2.75, 3.05) is 40.3 Å². The van der Waals surface area contributed by atoms with Gasteiger partial charge < -0.3 is 25.0 Å². The Bertz CT molecular complexity index is 739. The number of nitrogens with one attached hydrogen (secondary N) is 1. The molecule has 1 heterocycles. The summed E-state index contributed by atoms with van der Waals surface area (Å²) in [6.07, 6.45) is 2.97. The van der Waals surface area contributed by atoms with Gasteiger partial charge in [0, 0.05) is 43.8 Å². The fraction of sp³-hybridized carbons (Fsp3) is 0.636. The summed E-state index contributed by atoms with van der Waals surface area (Å²) >= 11 is 0. The van der Waals surface area contributed by atoms with E-state index in [1.165, 1.54) is 0 Å². The van der Waals surface area contributed by atoms with Crippen molar-refractivity contribution in [3.8, 4) is 5.75 Å². The van der Waals surface area contributed by atoms with Gasteiger partial charge in [0.2, 0.25) is 5.91 Å². The maximum Gasteiger partial charge on any atom is 0.251 e. The number of phenols is 1. The maximum atomic E-state index is 13.1. The molecule has 1 aromatic rings. The standard InChI is InChI=1S/C22H33N3O4/c1-15-17(6-4-7-19(15)26)21(27)23-18-14-16(8-9-20(18)29-3)22(28)25-11-5-10-24(2)12-13-25/h4,6-7,16,18,20,26H,5,8-14H2,1-3H3,(H,23,27)/t16-,18+,20+/m0/s1. The molecule has 0 radical (unpaired) electrons. The fourth-order valence-corrected chi connectivity index (χ4v) is 4.44. The van der Waals surface area contributed by atoms with Crippen molar-refractivity contribution < 1.29 is 19.4 Å². The minimum atomic E-state index is -0.241. The number of carbonyl (C=O) groups is 2. The smallest absolute Gasteiger partial charge is 0.251 e. The summed E-state index contributed by atoms with van der Waals surface area (Å²) < 4.78 is 5.61. The van der Waals surface area contributed by atoms with Crippen molar-refractivity contribution in [2.45, 2.75) is 44.8 Å². The van der Waals surface area contributed by atoms with E-state index in [1.54, 1.807) is 32.2 Å². The van der Waals surface area contributed by atoms with Crippen LogP contribution >= 0.6 is 0 Å². The largest absolute Gasteiger partial charge is 0.508 e. The van der Waals surface area contributed by atoms with Gasteiger partial charge in [-0.3, -0.25) is 9.59 Å². The molecule has 0 unspecified atom stereocenters. The first-order valence-corrected chi connectivity index (χ1v) is 10.5. The summed E-state index contributed by atoms with van der Waals surface area (Å²) in [7, 11) is 3.74. The lowest BCUT2D eigenvalue weighted by molar-refractivity contribution is -0.137. The third-order valence-corrected chi connectivity index (χ3v) is 6.34. The first-order valence-electron chi connectivity index (χ1n) is 10.5. The average molecular weight is 404 g/mol. The zero-order valence-electron chi connectivity index (χ0n) is 17.7. The summed E-state index contributed by atoms with van der Waals surface area (Å²) in [6, 6.07) is 4.70. The molecular formula is C22H33N3O4. The summed E-state index contributed by atoms with van der Waals surface area (Å²) in [5.74, 6) is -0.0401. The van der Waals surface area contributed by atoms with Crippen LogP contribution in [0.5, 0.6) is 5.75 Å². The van der Waals surface area contributed by atoms with Crippen LogP contribution in [0.25, 0.3) is 0 Å². The summed E-state index contributed by atoms with van der Waals surface area (Å²) in [5.41, 5.74) is 1.000. The molecule has 0 aromatic heterocycles. The molecule has 0 spiro atoms. The molecule has 1 aliphatic heterocycles. The van der Waals surface area contributed by atoms with Crippen LogP contribution in [0.4, 0.5) is 0 Å². The van der Waals surface area contributed by atoms with Crippen molar-refractivity contribution >= 4 is 11.8 Å². The van der Waals surface area contributed by atoms with Gasteiger partial charge in [0.05, 0.1) is 12.1 Å². The Hall–Kier alpha value is -2.12. The molecule has 1 aromatic carbocycles. The number of hydrogen-bond acceptors (Lipinski definition) is 5. The number of ether oxygens (including phenoxy) is 1. The van der Waals surface area contributed by atoms with E-state index in [-0.39, 0.29) is 35.6 Å². The topological polar surface area (TPSA) is 82.1 Å². The predicted molar refractivity (Wildman–Crippen MR) is 111 cm³/mol. The van der Waals surface area contributed by atoms with Gasteiger partial charge >= 0.3 is 0 Å². The fourth-order valence-electron chi connectivity index (χ4n) is 4.44. The second kappa shape index (κ2) is 9.59. The van der Waals surface area contributed by atoms with Gasteiger partial charge in [-0.05, 0) is 58.3 Å². The molecule has 2 fully saturated rings. The normalized spacial score (nSPS) is 26.0. The molecule has 2 amide bonds. The second-order valence-corrected chi connectivity index (χ2v) is 8.30. The van der Waals surface area contributed by atoms with Crippen molar-refractivity contribution in [1.82, 2.24) is 15.1 Å². The number of aromatic hydroxyl groups is 1. The van der Waals surface area contributed by atoms with Crippen molar-refractivity contribution in [3.63, 3.8) is 0 Å². The van der Waals surface area contributed by atoms with Crippen LogP contribution in [-0.2, 0) is 9.53 Å². The van der Waals surface area contributed by atoms with E-state index in [0.29, 0.717) is 17.5 Å². The van der Waals surface area contributed by atoms with Gasteiger partial charge in [-0.25, -0.2) is 0 Å². The lowest BCUT2D eigenvalue weighted by atomic mass is 9.82. The molecular weight excluding hydrogens is 370 g/mol. The molecule has 3 rings (SSSR count). The maximum absolute atomic E-state index is 13.1. The number of likely N-dealkylation sites (N-methyl/N-ethyl adjacent to an activating group) is 1. The van der Waals surface area contributed by atoms with Crippen molar-refractivity contribution in [3.05, 3.63) is 29.3 Å². The molecule has 1 saturated heterocycles. The van der Waals surface area contributed by atoms with Crippen LogP contribution in [0.1, 0.15) is 41.6 Å². The highest BCUT2D eigenvalue weighted by Gasteiger charge is 2.37. The molecule has 1 aliphatic carbocycles. The second-order valence-electron chi connectivity index (χ2n) is 8.30. The van der Waals surface area contributed by atoms with Gasteiger partial charge in [-0.15, -0.1) is 0 Å². The Morgan fingerprint density at radius 3 is 2.72 bits per heavy atom. The molecule has 0 bridgehead atoms. The van der Waals surface area contributed by atoms with Crippen LogP contribution in [0, 0.1) is 12.8 Å². The van der Waals surface area contributed by atoms with E-state index in [2.05, 4.69) is 17.3 Å². The summed E-state index contributed by atoms with van der Waals surface area (Å²) in [5, 5.41) is 13.0. The average Bonchev–Trinajstić information content (AvgIpc) is 2.93. The first kappa shape index (κ1) is 21.6. The van der Waals surface area contributed by atoms with Crippen LogP contribution in [-0.4, -0.2) is 79.2 Å². The SMILES string of the molecule is CO[C@@H]1CC[C@H](C(=O)N2CCCN(C)CC2)C[C@H]1NC(=O)c1cccc(O)c1C. The van der Waals surface area contributed by atoms with Gasteiger partial charge in [-0.1, -0.05) is 6.07 Å². The van der Waals surface area contributed by atoms with E-state index in [9.17, 15) is 14.7 Å². The molecule has 1 saturated carbocycles. The van der Waals surface area contributed by atoms with Crippen molar-refractivity contribution in [1.29, 1.82) is 0 Å². The Morgan fingerprint density at radius 1 is 1.17 bits per heavy atom. The van der Waals surface area contributed by atoms with Gasteiger partial charge in [0.25, 0.3) is 5.91 Å². The van der Waals surface area contributed by atoms with E-state index in [1.807, 2.05) is 4.90 Å². The Labute approximate surface area is 173 Å². The summed E-state index contributed by atoms with van der Waals surface area (Å²) in [6.45, 7) is 5.20. The Balaban J connectivity index is 1.68. The van der Waals surface area contributed by atoms with Crippen LogP contribution in [0.2, 0.25) is 0 Å². The minimum absolute atomic E-state index is 0.0969. The van der Waals surface area contributed by atoms with Gasteiger partial charge in [0.1, 0.15) is 5.75 Å². The Kier molecular flexibility index (Phi) is 7.14. The van der Waals surface area contributed by atoms with E-state index >= 15 is 0 Å². The zero-order chi connectivity index (χ0) is 21.0. The number of benzene rings is 1. The van der Waals surface area contributed by atoms with E-state index in [0.717, 1.165) is 45.4 Å². The number of hydrogen-bond donors (Lipinski definition) is 2. The quantitative estimate of drug-likeness (QED) is 0.801. The molecule has 7 heteroatoms. The zero-order valence-corrected chi connectivity index (χ0v) is 17.7. The van der Waals surface area contributed by atoms with Crippen LogP contribution in [0.3, 0.4) is 0 Å². The van der Waals surface area contributed by atoms with Crippen molar-refractivity contribution in [2.24, 2.45) is 5.92 Å². The monoisotopic (exact) mass is 403 g/mol. The molecule has 2 N–H and O–H groups in total. The van der Waals surface area contributed by atoms with E-state index < -0.39 is 0 Å². The number of rotatable bonds is 4. The highest BCUT2D eigenvalue weighted by molar-refractivity contribution is 5.96. The number of methoxy groups -OCH3 is 1.